The zero-order valence-corrected chi connectivity index (χ0v) is 10.2. The van der Waals surface area contributed by atoms with Gasteiger partial charge in [-0.3, -0.25) is 0 Å². The van der Waals surface area contributed by atoms with E-state index in [2.05, 4.69) is 24.5 Å². The van der Waals surface area contributed by atoms with Crippen LogP contribution in [0.2, 0.25) is 0 Å². The third-order valence-corrected chi connectivity index (χ3v) is 3.09. The summed E-state index contributed by atoms with van der Waals surface area (Å²) in [5, 5.41) is 22.4. The first-order chi connectivity index (χ1) is 7.84. The van der Waals surface area contributed by atoms with E-state index in [9.17, 15) is 9.59 Å². The minimum atomic E-state index is -1.25. The number of aliphatic carboxylic acids is 1. The van der Waals surface area contributed by atoms with E-state index in [1.807, 2.05) is 0 Å². The van der Waals surface area contributed by atoms with E-state index in [0.717, 1.165) is 19.3 Å². The van der Waals surface area contributed by atoms with Crippen LogP contribution in [0.25, 0.3) is 0 Å². The van der Waals surface area contributed by atoms with Crippen LogP contribution in [-0.4, -0.2) is 40.9 Å². The third-order valence-electron chi connectivity index (χ3n) is 3.09. The van der Waals surface area contributed by atoms with Gasteiger partial charge in [-0.1, -0.05) is 13.8 Å². The Morgan fingerprint density at radius 2 is 2.12 bits per heavy atom. The number of aliphatic hydroxyl groups excluding tert-OH is 1. The Labute approximate surface area is 100 Å². The van der Waals surface area contributed by atoms with Crippen molar-refractivity contribution in [1.82, 2.24) is 10.6 Å². The van der Waals surface area contributed by atoms with Gasteiger partial charge in [-0.2, -0.15) is 0 Å². The molecule has 1 rings (SSSR count). The Bertz CT molecular complexity index is 304. The Balaban J connectivity index is 2.37. The lowest BCUT2D eigenvalue weighted by molar-refractivity contribution is -0.140. The number of amides is 2. The van der Waals surface area contributed by atoms with Gasteiger partial charge in [-0.15, -0.1) is 0 Å². The molecule has 0 aromatic carbocycles. The molecule has 17 heavy (non-hydrogen) atoms. The molecule has 6 nitrogen and oxygen atoms in total. The van der Waals surface area contributed by atoms with Crippen molar-refractivity contribution in [1.29, 1.82) is 0 Å². The van der Waals surface area contributed by atoms with E-state index in [1.165, 1.54) is 0 Å². The molecule has 0 aromatic rings. The minimum Gasteiger partial charge on any atom is -0.480 e. The van der Waals surface area contributed by atoms with Crippen LogP contribution in [0.15, 0.2) is 0 Å². The SMILES string of the molecule is CC1(C)CCC(NC(=O)N[C@H](CO)C(=O)O)C1. The van der Waals surface area contributed by atoms with Gasteiger partial charge in [0.05, 0.1) is 6.61 Å². The van der Waals surface area contributed by atoms with E-state index in [-0.39, 0.29) is 11.5 Å². The van der Waals surface area contributed by atoms with Gasteiger partial charge >= 0.3 is 12.0 Å². The number of hydrogen-bond acceptors (Lipinski definition) is 3. The lowest BCUT2D eigenvalue weighted by Gasteiger charge is -2.19. The van der Waals surface area contributed by atoms with Gasteiger partial charge in [-0.05, 0) is 24.7 Å². The molecule has 0 aliphatic heterocycles. The van der Waals surface area contributed by atoms with Gasteiger partial charge in [0.15, 0.2) is 6.04 Å². The predicted molar refractivity (Wildman–Crippen MR) is 61.6 cm³/mol. The number of carbonyl (C=O) groups is 2. The molecule has 1 aliphatic carbocycles. The van der Waals surface area contributed by atoms with Crippen molar-refractivity contribution in [3.63, 3.8) is 0 Å². The molecule has 0 aromatic heterocycles. The summed E-state index contributed by atoms with van der Waals surface area (Å²) in [6, 6.07) is -1.70. The standard InChI is InChI=1S/C11H20N2O4/c1-11(2)4-3-7(5-11)12-10(17)13-8(6-14)9(15)16/h7-8,14H,3-6H2,1-2H3,(H,15,16)(H2,12,13,17)/t7?,8-/m1/s1. The first-order valence-corrected chi connectivity index (χ1v) is 5.75. The fourth-order valence-corrected chi connectivity index (χ4v) is 2.13. The molecule has 1 fully saturated rings. The highest BCUT2D eigenvalue weighted by Gasteiger charge is 2.32. The van der Waals surface area contributed by atoms with Gasteiger partial charge in [0.2, 0.25) is 0 Å². The molecular weight excluding hydrogens is 224 g/mol. The van der Waals surface area contributed by atoms with Crippen LogP contribution in [0.4, 0.5) is 4.79 Å². The molecule has 6 heteroatoms. The van der Waals surface area contributed by atoms with Crippen molar-refractivity contribution < 1.29 is 19.8 Å². The molecule has 4 N–H and O–H groups in total. The number of carboxylic acids is 1. The Hall–Kier alpha value is -1.30. The summed E-state index contributed by atoms with van der Waals surface area (Å²) < 4.78 is 0. The van der Waals surface area contributed by atoms with E-state index in [4.69, 9.17) is 10.2 Å². The summed E-state index contributed by atoms with van der Waals surface area (Å²) in [5.41, 5.74) is 0.223. The molecule has 0 radical (unpaired) electrons. The van der Waals surface area contributed by atoms with Crippen LogP contribution in [0.3, 0.4) is 0 Å². The second kappa shape index (κ2) is 5.35. The van der Waals surface area contributed by atoms with Gasteiger partial charge in [0, 0.05) is 6.04 Å². The highest BCUT2D eigenvalue weighted by molar-refractivity contribution is 5.82. The van der Waals surface area contributed by atoms with Crippen molar-refractivity contribution in [2.45, 2.75) is 45.2 Å². The van der Waals surface area contributed by atoms with Crippen molar-refractivity contribution in [2.75, 3.05) is 6.61 Å². The van der Waals surface area contributed by atoms with Crippen LogP contribution in [0.5, 0.6) is 0 Å². The summed E-state index contributed by atoms with van der Waals surface area (Å²) in [6.45, 7) is 3.67. The molecule has 1 aliphatic rings. The summed E-state index contributed by atoms with van der Waals surface area (Å²) in [7, 11) is 0. The van der Waals surface area contributed by atoms with Crippen LogP contribution < -0.4 is 10.6 Å². The normalized spacial score (nSPS) is 24.1. The number of nitrogens with one attached hydrogen (secondary N) is 2. The smallest absolute Gasteiger partial charge is 0.328 e. The van der Waals surface area contributed by atoms with Crippen LogP contribution >= 0.6 is 0 Å². The van der Waals surface area contributed by atoms with E-state index < -0.39 is 24.6 Å². The quantitative estimate of drug-likeness (QED) is 0.572. The lowest BCUT2D eigenvalue weighted by atomic mass is 9.92. The highest BCUT2D eigenvalue weighted by Crippen LogP contribution is 2.36. The minimum absolute atomic E-state index is 0.0816. The number of urea groups is 1. The first-order valence-electron chi connectivity index (χ1n) is 5.75. The molecule has 1 unspecified atom stereocenters. The van der Waals surface area contributed by atoms with Crippen LogP contribution in [0.1, 0.15) is 33.1 Å². The second-order valence-corrected chi connectivity index (χ2v) is 5.30. The molecule has 0 saturated heterocycles. The summed E-state index contributed by atoms with van der Waals surface area (Å²) in [6.07, 6.45) is 2.83. The molecular formula is C11H20N2O4. The monoisotopic (exact) mass is 244 g/mol. The number of rotatable bonds is 4. The zero-order chi connectivity index (χ0) is 13.1. The first kappa shape index (κ1) is 13.8. The second-order valence-electron chi connectivity index (χ2n) is 5.30. The largest absolute Gasteiger partial charge is 0.480 e. The van der Waals surface area contributed by atoms with Crippen molar-refractivity contribution in [2.24, 2.45) is 5.41 Å². The number of hydrogen-bond donors (Lipinski definition) is 4. The molecule has 2 atom stereocenters. The van der Waals surface area contributed by atoms with Crippen molar-refractivity contribution in [3.8, 4) is 0 Å². The third kappa shape index (κ3) is 4.22. The summed E-state index contributed by atoms with van der Waals surface area (Å²) in [4.78, 5) is 22.1. The van der Waals surface area contributed by atoms with Crippen molar-refractivity contribution >= 4 is 12.0 Å². The fourth-order valence-electron chi connectivity index (χ4n) is 2.13. The van der Waals surface area contributed by atoms with E-state index in [0.29, 0.717) is 0 Å². The molecule has 2 amide bonds. The Kier molecular flexibility index (Phi) is 4.34. The van der Waals surface area contributed by atoms with Gasteiger partial charge in [-0.25, -0.2) is 9.59 Å². The molecule has 1 saturated carbocycles. The van der Waals surface area contributed by atoms with E-state index in [1.54, 1.807) is 0 Å². The topological polar surface area (TPSA) is 98.7 Å². The number of carboxylic acid groups (broad SMARTS) is 1. The van der Waals surface area contributed by atoms with Crippen molar-refractivity contribution in [3.05, 3.63) is 0 Å². The molecule has 0 bridgehead atoms. The average molecular weight is 244 g/mol. The number of aliphatic hydroxyl groups is 1. The van der Waals surface area contributed by atoms with Gasteiger partial charge < -0.3 is 20.8 Å². The Morgan fingerprint density at radius 1 is 1.47 bits per heavy atom. The number of carbonyl (C=O) groups excluding carboxylic acids is 1. The maximum Gasteiger partial charge on any atom is 0.328 e. The maximum atomic E-state index is 11.5. The average Bonchev–Trinajstić information content (AvgIpc) is 2.54. The highest BCUT2D eigenvalue weighted by atomic mass is 16.4. The maximum absolute atomic E-state index is 11.5. The molecule has 0 spiro atoms. The van der Waals surface area contributed by atoms with Crippen LogP contribution in [-0.2, 0) is 4.79 Å². The lowest BCUT2D eigenvalue weighted by Crippen LogP contribution is -2.50. The fraction of sp³-hybridized carbons (Fsp3) is 0.818. The van der Waals surface area contributed by atoms with E-state index >= 15 is 0 Å². The molecule has 98 valence electrons. The predicted octanol–water partition coefficient (Wildman–Crippen LogP) is 0.310. The summed E-state index contributed by atoms with van der Waals surface area (Å²) >= 11 is 0. The molecule has 0 heterocycles. The summed E-state index contributed by atoms with van der Waals surface area (Å²) in [5.74, 6) is -1.24. The zero-order valence-electron chi connectivity index (χ0n) is 10.2. The van der Waals surface area contributed by atoms with Crippen LogP contribution in [0, 0.1) is 5.41 Å². The Morgan fingerprint density at radius 3 is 2.53 bits per heavy atom. The van der Waals surface area contributed by atoms with Gasteiger partial charge in [0.1, 0.15) is 0 Å². The van der Waals surface area contributed by atoms with Gasteiger partial charge in [0.25, 0.3) is 0 Å².